The van der Waals surface area contributed by atoms with Crippen LogP contribution in [0.3, 0.4) is 0 Å². The van der Waals surface area contributed by atoms with Crippen LogP contribution < -0.4 is 5.32 Å². The first-order chi connectivity index (χ1) is 28.5. The maximum atomic E-state index is 16.5. The molecule has 306 valence electrons. The molecule has 0 saturated carbocycles. The number of nitrogens with zero attached hydrogens (tertiary/aromatic N) is 7. The number of hydrogen-bond acceptors (Lipinski definition) is 7. The second-order valence-electron chi connectivity index (χ2n) is 13.0. The van der Waals surface area contributed by atoms with Crippen molar-refractivity contribution in [3.63, 3.8) is 0 Å². The first-order valence-electron chi connectivity index (χ1n) is 16.8. The fourth-order valence-electron chi connectivity index (χ4n) is 6.84. The smallest absolute Gasteiger partial charge is 0.198 e. The molecule has 9 nitrogen and oxygen atoms in total. The van der Waals surface area contributed by atoms with Crippen LogP contribution in [0.1, 0.15) is 19.8 Å². The van der Waals surface area contributed by atoms with E-state index in [4.69, 9.17) is 0 Å². The Morgan fingerprint density at radius 2 is 0.933 bits per heavy atom. The lowest BCUT2D eigenvalue weighted by Gasteiger charge is -2.10. The Labute approximate surface area is 320 Å². The second kappa shape index (κ2) is 13.3. The summed E-state index contributed by atoms with van der Waals surface area (Å²) < 4.78 is 230. The Bertz CT molecular complexity index is 3310. The van der Waals surface area contributed by atoms with E-state index in [2.05, 4.69) is 40.2 Å². The van der Waals surface area contributed by atoms with Crippen molar-refractivity contribution in [3.05, 3.63) is 87.5 Å². The molecule has 8 bridgehead atoms. The summed E-state index contributed by atoms with van der Waals surface area (Å²) in [5.41, 5.74) is -11.3. The molecule has 0 atom stereocenters. The molecular weight excluding hydrogens is 843 g/mol. The van der Waals surface area contributed by atoms with Gasteiger partial charge in [-0.2, -0.15) is 0 Å². The number of anilines is 1. The highest BCUT2D eigenvalue weighted by Gasteiger charge is 2.36. The van der Waals surface area contributed by atoms with E-state index in [1.807, 2.05) is 0 Å². The van der Waals surface area contributed by atoms with Gasteiger partial charge in [0.2, 0.25) is 0 Å². The third kappa shape index (κ3) is 5.10. The molecule has 60 heavy (non-hydrogen) atoms. The molecule has 3 aromatic heterocycles. The quantitative estimate of drug-likeness (QED) is 0.0785. The number of aromatic amines is 1. The zero-order chi connectivity index (χ0) is 43.0. The number of halogens is 15. The predicted octanol–water partition coefficient (Wildman–Crippen LogP) is 10.2. The minimum Gasteiger partial charge on any atom is -0.382 e. The summed E-state index contributed by atoms with van der Waals surface area (Å²) in [6.45, 7) is 1.56. The summed E-state index contributed by atoms with van der Waals surface area (Å²) in [7, 11) is 0. The molecule has 2 aliphatic rings. The Hall–Kier alpha value is -7.01. The number of aromatic nitrogens is 8. The van der Waals surface area contributed by atoms with Crippen LogP contribution in [-0.4, -0.2) is 46.2 Å². The van der Waals surface area contributed by atoms with Gasteiger partial charge in [-0.25, -0.2) is 91.4 Å². The summed E-state index contributed by atoms with van der Waals surface area (Å²) in [4.78, 5) is 23.7. The van der Waals surface area contributed by atoms with Crippen LogP contribution in [0.15, 0.2) is 6.07 Å². The molecule has 2 aliphatic heterocycles. The number of H-pyrrole nitrogens is 1. The molecule has 2 N–H and O–H groups in total. The van der Waals surface area contributed by atoms with Gasteiger partial charge in [-0.1, -0.05) is 17.8 Å². The molecule has 7 aromatic rings. The van der Waals surface area contributed by atoms with Crippen molar-refractivity contribution in [2.24, 2.45) is 0 Å². The minimum atomic E-state index is -2.60. The van der Waals surface area contributed by atoms with E-state index in [1.54, 1.807) is 6.92 Å². The van der Waals surface area contributed by atoms with Crippen LogP contribution >= 0.6 is 0 Å². The lowest BCUT2D eigenvalue weighted by molar-refractivity contribution is 0.398. The lowest BCUT2D eigenvalue weighted by Crippen LogP contribution is -2.06. The molecule has 0 fully saturated rings. The maximum Gasteiger partial charge on any atom is 0.198 e. The van der Waals surface area contributed by atoms with Gasteiger partial charge in [-0.3, -0.25) is 0 Å². The van der Waals surface area contributed by atoms with Crippen molar-refractivity contribution in [2.75, 3.05) is 11.9 Å². The number of nitrogens with one attached hydrogen (secondary N) is 2. The van der Waals surface area contributed by atoms with Crippen LogP contribution in [0.4, 0.5) is 71.6 Å². The largest absolute Gasteiger partial charge is 0.382 e. The van der Waals surface area contributed by atoms with Crippen molar-refractivity contribution in [2.45, 2.75) is 19.8 Å². The number of unbranched alkanes of at least 4 members (excludes halogenated alkanes) is 1. The molecule has 5 heterocycles. The third-order valence-corrected chi connectivity index (χ3v) is 9.58. The standard InChI is InChI=1S/C36H12F15N9/c1-2-3-4-52-28-14-11(19(42)26(49)27(28)50)32-54-29-6-5-7(37)15(38)16(39)8(6)30(53-29)58-35-12-13(21(44)25(48)24(47)20(12)43)36(60(35)51)59-33-10-9(31(55-33)56-34(14)57-32)17(40)22(45)23(46)18(10)41/h5,52H,2-4H2,1H3,(H,53,54,55,56,57,58,59). The normalized spacial score (nSPS) is 12.2. The van der Waals surface area contributed by atoms with Crippen molar-refractivity contribution in [1.29, 1.82) is 0 Å². The molecule has 0 unspecified atom stereocenters. The van der Waals surface area contributed by atoms with Gasteiger partial charge in [0, 0.05) is 12.1 Å². The van der Waals surface area contributed by atoms with Crippen molar-refractivity contribution >= 4 is 49.8 Å². The van der Waals surface area contributed by atoms with Gasteiger partial charge < -0.3 is 10.3 Å². The Morgan fingerprint density at radius 3 is 1.52 bits per heavy atom. The van der Waals surface area contributed by atoms with E-state index in [1.165, 1.54) is 0 Å². The molecule has 0 aliphatic carbocycles. The van der Waals surface area contributed by atoms with Crippen LogP contribution in [0.25, 0.3) is 89.7 Å². The van der Waals surface area contributed by atoms with Gasteiger partial charge in [0.15, 0.2) is 116 Å². The van der Waals surface area contributed by atoms with Crippen molar-refractivity contribution in [1.82, 2.24) is 39.7 Å². The summed E-state index contributed by atoms with van der Waals surface area (Å²) in [6.07, 6.45) is 0.739. The van der Waals surface area contributed by atoms with Gasteiger partial charge in [0.05, 0.1) is 43.9 Å². The number of rotatable bonds is 4. The van der Waals surface area contributed by atoms with Crippen molar-refractivity contribution < 1.29 is 65.9 Å². The third-order valence-electron chi connectivity index (χ3n) is 9.58. The van der Waals surface area contributed by atoms with Gasteiger partial charge in [-0.05, 0) is 12.5 Å². The summed E-state index contributed by atoms with van der Waals surface area (Å²) >= 11 is 0. The average molecular weight is 856 g/mol. The van der Waals surface area contributed by atoms with E-state index >= 15 is 39.6 Å². The zero-order valence-corrected chi connectivity index (χ0v) is 29.0. The van der Waals surface area contributed by atoms with Crippen LogP contribution in [0, 0.1) is 81.4 Å². The van der Waals surface area contributed by atoms with E-state index in [9.17, 15) is 26.3 Å². The topological polar surface area (TPSA) is 110 Å². The molecule has 0 saturated heterocycles. The first-order valence-corrected chi connectivity index (χ1v) is 16.8. The van der Waals surface area contributed by atoms with E-state index < -0.39 is 182 Å². The lowest BCUT2D eigenvalue weighted by atomic mass is 10.1. The summed E-state index contributed by atoms with van der Waals surface area (Å²) in [5, 5.41) is -2.66. The average Bonchev–Trinajstić information content (AvgIpc) is 3.94. The van der Waals surface area contributed by atoms with Gasteiger partial charge in [0.25, 0.3) is 0 Å². The monoisotopic (exact) mass is 855 g/mol. The second-order valence-corrected chi connectivity index (χ2v) is 13.0. The number of benzene rings is 4. The maximum absolute atomic E-state index is 16.5. The predicted molar refractivity (Wildman–Crippen MR) is 179 cm³/mol. The molecule has 9 rings (SSSR count). The SMILES string of the molecule is CCCCNc1c(F)c(F)c(F)c2c3nc4nc(nc5c6c(F)c(F)c(F)c(F)c6c(nc6nc(nc([nH]3)c12)-c1c(F)c(F)c(F)c(F)c1-6)n5F)-c1c-4cc(F)c(F)c1F. The molecule has 4 aromatic carbocycles. The van der Waals surface area contributed by atoms with Crippen LogP contribution in [-0.2, 0) is 0 Å². The fraction of sp³-hybridized carbons (Fsp3) is 0.111. The van der Waals surface area contributed by atoms with Gasteiger partial charge in [0.1, 0.15) is 11.3 Å². The van der Waals surface area contributed by atoms with E-state index in [-0.39, 0.29) is 19.0 Å². The number of fused-ring (bicyclic) bond motifs is 20. The van der Waals surface area contributed by atoms with E-state index in [0.717, 1.165) is 0 Å². The van der Waals surface area contributed by atoms with Gasteiger partial charge >= 0.3 is 0 Å². The molecule has 0 amide bonds. The highest BCUT2D eigenvalue weighted by Crippen LogP contribution is 2.44. The highest BCUT2D eigenvalue weighted by molar-refractivity contribution is 6.12. The molecule has 24 heteroatoms. The zero-order valence-electron chi connectivity index (χ0n) is 29.0. The molecule has 0 radical (unpaired) electrons. The van der Waals surface area contributed by atoms with Gasteiger partial charge in [-0.15, -0.1) is 4.79 Å². The summed E-state index contributed by atoms with van der Waals surface area (Å²) in [5.74, 6) is -37.0. The van der Waals surface area contributed by atoms with Crippen LogP contribution in [0.2, 0.25) is 0 Å². The van der Waals surface area contributed by atoms with E-state index in [0.29, 0.717) is 6.42 Å². The Morgan fingerprint density at radius 1 is 0.483 bits per heavy atom. The first kappa shape index (κ1) is 38.5. The Kier molecular flexibility index (Phi) is 8.51. The highest BCUT2D eigenvalue weighted by atomic mass is 19.2. The summed E-state index contributed by atoms with van der Waals surface area (Å²) in [6, 6.07) is 0.243. The van der Waals surface area contributed by atoms with Crippen LogP contribution in [0.5, 0.6) is 0 Å². The fourth-order valence-corrected chi connectivity index (χ4v) is 6.84. The molecule has 0 spiro atoms. The minimum absolute atomic E-state index is 0.139. The molecular formula is C36H12F15N9. The number of hydrogen-bond donors (Lipinski definition) is 2. The van der Waals surface area contributed by atoms with Crippen molar-refractivity contribution in [3.8, 4) is 45.6 Å². The Balaban J connectivity index is 1.60.